The molecule has 5 heteroatoms. The summed E-state index contributed by atoms with van der Waals surface area (Å²) in [6, 6.07) is 17.0. The van der Waals surface area contributed by atoms with Crippen molar-refractivity contribution in [1.29, 1.82) is 0 Å². The zero-order valence-electron chi connectivity index (χ0n) is 15.4. The Morgan fingerprint density at radius 3 is 2.48 bits per heavy atom. The monoisotopic (exact) mass is 364 g/mol. The van der Waals surface area contributed by atoms with Gasteiger partial charge in [0.2, 0.25) is 11.8 Å². The molecule has 0 unspecified atom stereocenters. The van der Waals surface area contributed by atoms with Crippen molar-refractivity contribution in [3.8, 4) is 5.75 Å². The topological polar surface area (TPSA) is 58.6 Å². The molecule has 0 atom stereocenters. The Morgan fingerprint density at radius 2 is 1.81 bits per heavy atom. The van der Waals surface area contributed by atoms with Crippen LogP contribution >= 0.6 is 0 Å². The normalized spacial score (nSPS) is 10.4. The van der Waals surface area contributed by atoms with E-state index in [1.165, 1.54) is 6.08 Å². The van der Waals surface area contributed by atoms with Crippen molar-refractivity contribution < 1.29 is 14.3 Å². The summed E-state index contributed by atoms with van der Waals surface area (Å²) < 4.78 is 5.43. The lowest BCUT2D eigenvalue weighted by atomic mass is 10.2. The minimum Gasteiger partial charge on any atom is -0.490 e. The van der Waals surface area contributed by atoms with Gasteiger partial charge in [0.15, 0.2) is 0 Å². The summed E-state index contributed by atoms with van der Waals surface area (Å²) in [5.74, 6) is 0.290. The van der Waals surface area contributed by atoms with E-state index in [0.717, 1.165) is 16.9 Å². The van der Waals surface area contributed by atoms with Crippen molar-refractivity contribution in [2.45, 2.75) is 6.54 Å². The second-order valence-electron chi connectivity index (χ2n) is 5.96. The number of likely N-dealkylation sites (N-methyl/N-ethyl adjacent to an activating group) is 1. The summed E-state index contributed by atoms with van der Waals surface area (Å²) in [5.41, 5.74) is 1.91. The molecule has 2 rings (SSSR count). The molecular formula is C22H24N2O3. The highest BCUT2D eigenvalue weighted by molar-refractivity contribution is 5.94. The van der Waals surface area contributed by atoms with E-state index in [-0.39, 0.29) is 18.4 Å². The van der Waals surface area contributed by atoms with Gasteiger partial charge in [0.05, 0.1) is 6.54 Å². The van der Waals surface area contributed by atoms with Crippen molar-refractivity contribution in [1.82, 2.24) is 10.2 Å². The highest BCUT2D eigenvalue weighted by atomic mass is 16.5. The maximum absolute atomic E-state index is 12.2. The molecule has 140 valence electrons. The molecule has 0 spiro atoms. The number of benzene rings is 2. The number of carbonyl (C=O) groups is 2. The molecule has 2 aromatic rings. The summed E-state index contributed by atoms with van der Waals surface area (Å²) in [7, 11) is 1.70. The molecule has 1 N–H and O–H groups in total. The molecule has 0 aliphatic rings. The van der Waals surface area contributed by atoms with Crippen LogP contribution in [0.25, 0.3) is 6.08 Å². The zero-order valence-corrected chi connectivity index (χ0v) is 15.4. The van der Waals surface area contributed by atoms with Gasteiger partial charge >= 0.3 is 0 Å². The minimum absolute atomic E-state index is 0.0466. The van der Waals surface area contributed by atoms with Gasteiger partial charge in [0, 0.05) is 19.7 Å². The van der Waals surface area contributed by atoms with Crippen LogP contribution < -0.4 is 10.1 Å². The molecule has 0 fully saturated rings. The Balaban J connectivity index is 1.77. The van der Waals surface area contributed by atoms with Crippen LogP contribution in [0.1, 0.15) is 11.1 Å². The predicted molar refractivity (Wildman–Crippen MR) is 107 cm³/mol. The van der Waals surface area contributed by atoms with Crippen molar-refractivity contribution in [2.75, 3.05) is 20.2 Å². The van der Waals surface area contributed by atoms with Crippen LogP contribution in [-0.2, 0) is 16.1 Å². The quantitative estimate of drug-likeness (QED) is 0.550. The van der Waals surface area contributed by atoms with E-state index in [0.29, 0.717) is 13.2 Å². The number of hydrogen-bond acceptors (Lipinski definition) is 3. The molecule has 5 nitrogen and oxygen atoms in total. The summed E-state index contributed by atoms with van der Waals surface area (Å²) in [5, 5.41) is 2.61. The number of nitrogens with zero attached hydrogens (tertiary/aromatic N) is 1. The Kier molecular flexibility index (Phi) is 7.85. The van der Waals surface area contributed by atoms with Crippen molar-refractivity contribution in [3.63, 3.8) is 0 Å². The van der Waals surface area contributed by atoms with Crippen LogP contribution in [0.4, 0.5) is 0 Å². The smallest absolute Gasteiger partial charge is 0.244 e. The zero-order chi connectivity index (χ0) is 19.5. The minimum atomic E-state index is -0.302. The standard InChI is InChI=1S/C22H24N2O3/c1-3-15-27-20-12-9-19(10-13-20)17-24(2)22(26)16-23-21(25)14-11-18-7-5-4-6-8-18/h3-14H,1,15-17H2,2H3,(H,23,25)/b14-11+. The second-order valence-corrected chi connectivity index (χ2v) is 5.96. The number of amides is 2. The Labute approximate surface area is 160 Å². The van der Waals surface area contributed by atoms with Crippen molar-refractivity contribution in [3.05, 3.63) is 84.5 Å². The van der Waals surface area contributed by atoms with Gasteiger partial charge in [0.25, 0.3) is 0 Å². The predicted octanol–water partition coefficient (Wildman–Crippen LogP) is 3.04. The van der Waals surface area contributed by atoms with E-state index in [1.54, 1.807) is 24.1 Å². The molecule has 0 saturated carbocycles. The van der Waals surface area contributed by atoms with Gasteiger partial charge in [-0.25, -0.2) is 0 Å². The fourth-order valence-corrected chi connectivity index (χ4v) is 2.30. The first-order valence-corrected chi connectivity index (χ1v) is 8.66. The molecule has 2 aromatic carbocycles. The van der Waals surface area contributed by atoms with E-state index >= 15 is 0 Å². The maximum Gasteiger partial charge on any atom is 0.244 e. The van der Waals surface area contributed by atoms with Crippen LogP contribution in [0.15, 0.2) is 73.3 Å². The SMILES string of the molecule is C=CCOc1ccc(CN(C)C(=O)CNC(=O)/C=C/c2ccccc2)cc1. The lowest BCUT2D eigenvalue weighted by Gasteiger charge is -2.17. The molecule has 0 saturated heterocycles. The van der Waals surface area contributed by atoms with E-state index in [2.05, 4.69) is 11.9 Å². The number of carbonyl (C=O) groups excluding carboxylic acids is 2. The fourth-order valence-electron chi connectivity index (χ4n) is 2.30. The molecule has 0 aliphatic carbocycles. The van der Waals surface area contributed by atoms with Crippen molar-refractivity contribution >= 4 is 17.9 Å². The summed E-state index contributed by atoms with van der Waals surface area (Å²) in [6.45, 7) is 4.47. The fraction of sp³-hybridized carbons (Fsp3) is 0.182. The Hall–Kier alpha value is -3.34. The van der Waals surface area contributed by atoms with Crippen molar-refractivity contribution in [2.24, 2.45) is 0 Å². The molecule has 27 heavy (non-hydrogen) atoms. The number of hydrogen-bond donors (Lipinski definition) is 1. The van der Waals surface area contributed by atoms with E-state index in [4.69, 9.17) is 4.74 Å². The first-order valence-electron chi connectivity index (χ1n) is 8.66. The summed E-state index contributed by atoms with van der Waals surface area (Å²) >= 11 is 0. The van der Waals surface area contributed by atoms with Crippen LogP contribution in [0.3, 0.4) is 0 Å². The summed E-state index contributed by atoms with van der Waals surface area (Å²) in [6.07, 6.45) is 4.81. The van der Waals surface area contributed by atoms with Crippen LogP contribution in [0.2, 0.25) is 0 Å². The molecule has 2 amide bonds. The Bertz CT molecular complexity index is 783. The second kappa shape index (κ2) is 10.6. The third-order valence-electron chi connectivity index (χ3n) is 3.78. The third kappa shape index (κ3) is 7.20. The average molecular weight is 364 g/mol. The molecule has 0 aliphatic heterocycles. The number of rotatable bonds is 9. The molecule has 0 aromatic heterocycles. The molecule has 0 radical (unpaired) electrons. The molecular weight excluding hydrogens is 340 g/mol. The van der Waals surface area contributed by atoms with E-state index < -0.39 is 0 Å². The van der Waals surface area contributed by atoms with Gasteiger partial charge in [-0.3, -0.25) is 9.59 Å². The van der Waals surface area contributed by atoms with Crippen LogP contribution in [0, 0.1) is 0 Å². The first kappa shape index (κ1) is 20.0. The highest BCUT2D eigenvalue weighted by Crippen LogP contribution is 2.13. The largest absolute Gasteiger partial charge is 0.490 e. The van der Waals surface area contributed by atoms with Crippen LogP contribution in [-0.4, -0.2) is 36.9 Å². The lowest BCUT2D eigenvalue weighted by Crippen LogP contribution is -2.37. The Morgan fingerprint density at radius 1 is 1.11 bits per heavy atom. The lowest BCUT2D eigenvalue weighted by molar-refractivity contribution is -0.131. The van der Waals surface area contributed by atoms with E-state index in [9.17, 15) is 9.59 Å². The van der Waals surface area contributed by atoms with Gasteiger partial charge in [-0.05, 0) is 29.3 Å². The van der Waals surface area contributed by atoms with Gasteiger partial charge in [-0.2, -0.15) is 0 Å². The molecule has 0 bridgehead atoms. The van der Waals surface area contributed by atoms with Gasteiger partial charge in [-0.1, -0.05) is 55.1 Å². The summed E-state index contributed by atoms with van der Waals surface area (Å²) in [4.78, 5) is 25.6. The van der Waals surface area contributed by atoms with Gasteiger partial charge in [0.1, 0.15) is 12.4 Å². The van der Waals surface area contributed by atoms with Crippen LogP contribution in [0.5, 0.6) is 5.75 Å². The van der Waals surface area contributed by atoms with Gasteiger partial charge in [-0.15, -0.1) is 0 Å². The first-order chi connectivity index (χ1) is 13.1. The highest BCUT2D eigenvalue weighted by Gasteiger charge is 2.10. The van der Waals surface area contributed by atoms with Gasteiger partial charge < -0.3 is 15.0 Å². The number of nitrogens with one attached hydrogen (secondary N) is 1. The maximum atomic E-state index is 12.2. The average Bonchev–Trinajstić information content (AvgIpc) is 2.70. The third-order valence-corrected chi connectivity index (χ3v) is 3.78. The number of ether oxygens (including phenoxy) is 1. The molecule has 0 heterocycles. The van der Waals surface area contributed by atoms with E-state index in [1.807, 2.05) is 54.6 Å².